The van der Waals surface area contributed by atoms with Crippen LogP contribution < -0.4 is 0 Å². The van der Waals surface area contributed by atoms with E-state index in [-0.39, 0.29) is 0 Å². The van der Waals surface area contributed by atoms with Crippen molar-refractivity contribution in [3.8, 4) is 66.8 Å². The monoisotopic (exact) mass is 888 g/mol. The van der Waals surface area contributed by atoms with E-state index in [0.717, 1.165) is 0 Å². The van der Waals surface area contributed by atoms with Crippen molar-refractivity contribution < 1.29 is 0 Å². The summed E-state index contributed by atoms with van der Waals surface area (Å²) in [5, 5.41) is 21.4. The first-order chi connectivity index (χ1) is 34.2. The molecule has 14 aromatic carbocycles. The van der Waals surface area contributed by atoms with Crippen LogP contribution in [0.3, 0.4) is 0 Å². The zero-order valence-corrected chi connectivity index (χ0v) is 40.3. The summed E-state index contributed by atoms with van der Waals surface area (Å²) in [4.78, 5) is 0. The maximum Gasteiger partial charge on any atom is -0.00137 e. The second-order valence-electron chi connectivity index (χ2n) is 20.7. The third-order valence-corrected chi connectivity index (χ3v) is 16.5. The van der Waals surface area contributed by atoms with E-state index in [1.807, 2.05) is 0 Å². The van der Waals surface area contributed by atoms with E-state index in [2.05, 4.69) is 224 Å². The van der Waals surface area contributed by atoms with Crippen molar-refractivity contribution in [3.63, 3.8) is 0 Å². The van der Waals surface area contributed by atoms with Crippen LogP contribution in [0.5, 0.6) is 0 Å². The number of fused-ring (bicyclic) bond motifs is 8. The predicted molar refractivity (Wildman–Crippen MR) is 303 cm³/mol. The van der Waals surface area contributed by atoms with Crippen LogP contribution in [0.2, 0.25) is 0 Å². The Balaban J connectivity index is 1.01. The average Bonchev–Trinajstić information content (AvgIpc) is 3.74. The minimum Gasteiger partial charge on any atom is -0.0587 e. The Morgan fingerprint density at radius 1 is 0.200 bits per heavy atom. The zero-order valence-electron chi connectivity index (χ0n) is 40.3. The lowest BCUT2D eigenvalue weighted by molar-refractivity contribution is 1.45. The van der Waals surface area contributed by atoms with Gasteiger partial charge in [0.1, 0.15) is 0 Å². The summed E-state index contributed by atoms with van der Waals surface area (Å²) in [6.45, 7) is 13.4. The normalized spacial score (nSPS) is 12.4. The summed E-state index contributed by atoms with van der Waals surface area (Å²) in [5.74, 6) is 0. The van der Waals surface area contributed by atoms with Gasteiger partial charge in [0.25, 0.3) is 0 Å². The van der Waals surface area contributed by atoms with Gasteiger partial charge in [-0.1, -0.05) is 168 Å². The van der Waals surface area contributed by atoms with E-state index in [1.54, 1.807) is 0 Å². The van der Waals surface area contributed by atoms with Crippen LogP contribution in [0.4, 0.5) is 0 Å². The topological polar surface area (TPSA) is 0 Å². The highest BCUT2D eigenvalue weighted by atomic mass is 14.3. The maximum atomic E-state index is 2.49. The van der Waals surface area contributed by atoms with Crippen LogP contribution in [0.1, 0.15) is 33.4 Å². The SMILES string of the molecule is Cc1ccc(-c2cc3cc(-c4ccc(C)cc4)cc4c5ccc6c7ccc8c9c(ccc(c%10ccc(c(c2)c34)c5c%106)c97)-c2c-8c(C)c3cc(-c4ccc(C)cc4)c(-c4ccc(C)cc4)cc3c2C)cc1. The Morgan fingerprint density at radius 3 is 0.886 bits per heavy atom. The predicted octanol–water partition coefficient (Wildman–Crippen LogP) is 20.0. The summed E-state index contributed by atoms with van der Waals surface area (Å²) in [6, 6.07) is 70.5. The van der Waals surface area contributed by atoms with Crippen LogP contribution >= 0.6 is 0 Å². The molecule has 0 aromatic heterocycles. The van der Waals surface area contributed by atoms with Gasteiger partial charge in [0.15, 0.2) is 0 Å². The van der Waals surface area contributed by atoms with E-state index in [0.29, 0.717) is 0 Å². The lowest BCUT2D eigenvalue weighted by Gasteiger charge is -2.21. The van der Waals surface area contributed by atoms with E-state index in [4.69, 9.17) is 0 Å². The first-order valence-corrected chi connectivity index (χ1v) is 24.9. The van der Waals surface area contributed by atoms with Gasteiger partial charge in [0, 0.05) is 0 Å². The fourth-order valence-corrected chi connectivity index (χ4v) is 13.0. The standard InChI is InChI=1S/C70H48/c1-37-7-15-43(16-8-37)47-31-49-32-48(44-17-9-38(2)10-18-44)34-63-55-26-24-51-53-28-30-57-65-42(6)59-36-61(46-21-13-40(4)14-22-46)60(45-19-11-39(3)12-20-45)35-58(59)41(5)64(65)56-29-27-52(68(53)70(56)57)50-23-25-54(69(55)67(50)51)62(33-47)66(49)63/h7-36H,1-6H3. The van der Waals surface area contributed by atoms with Gasteiger partial charge in [-0.25, -0.2) is 0 Å². The van der Waals surface area contributed by atoms with Crippen LogP contribution in [0.25, 0.3) is 153 Å². The molecule has 70 heavy (non-hydrogen) atoms. The molecule has 0 bridgehead atoms. The van der Waals surface area contributed by atoms with Crippen molar-refractivity contribution in [2.75, 3.05) is 0 Å². The van der Waals surface area contributed by atoms with Crippen molar-refractivity contribution in [3.05, 3.63) is 215 Å². The minimum absolute atomic E-state index is 1.25. The summed E-state index contributed by atoms with van der Waals surface area (Å²) in [7, 11) is 0. The van der Waals surface area contributed by atoms with Crippen LogP contribution in [-0.2, 0) is 0 Å². The van der Waals surface area contributed by atoms with Crippen molar-refractivity contribution in [1.82, 2.24) is 0 Å². The lowest BCUT2D eigenvalue weighted by Crippen LogP contribution is -1.94. The fraction of sp³-hybridized carbons (Fsp3) is 0.0857. The highest BCUT2D eigenvalue weighted by Gasteiger charge is 2.30. The largest absolute Gasteiger partial charge is 0.0587 e. The molecule has 0 saturated carbocycles. The molecule has 0 nitrogen and oxygen atoms in total. The molecular weight excluding hydrogens is 841 g/mol. The number of benzene rings is 14. The Labute approximate surface area is 407 Å². The molecule has 0 spiro atoms. The Kier molecular flexibility index (Phi) is 8.00. The van der Waals surface area contributed by atoms with Gasteiger partial charge in [0.05, 0.1) is 0 Å². The molecule has 1 aliphatic carbocycles. The van der Waals surface area contributed by atoms with Gasteiger partial charge < -0.3 is 0 Å². The highest BCUT2D eigenvalue weighted by molar-refractivity contribution is 6.44. The first kappa shape index (κ1) is 39.7. The highest BCUT2D eigenvalue weighted by Crippen LogP contribution is 2.57. The van der Waals surface area contributed by atoms with Gasteiger partial charge in [-0.05, 0) is 242 Å². The first-order valence-electron chi connectivity index (χ1n) is 24.9. The summed E-state index contributed by atoms with van der Waals surface area (Å²) >= 11 is 0. The number of aryl methyl sites for hydroxylation is 6. The molecule has 0 saturated heterocycles. The summed E-state index contributed by atoms with van der Waals surface area (Å²) in [5.41, 5.74) is 23.3. The average molecular weight is 889 g/mol. The lowest BCUT2D eigenvalue weighted by atomic mass is 9.82. The van der Waals surface area contributed by atoms with Gasteiger partial charge in [-0.15, -0.1) is 0 Å². The second-order valence-corrected chi connectivity index (χ2v) is 20.7. The van der Waals surface area contributed by atoms with Gasteiger partial charge >= 0.3 is 0 Å². The Morgan fingerprint density at radius 2 is 0.514 bits per heavy atom. The third kappa shape index (κ3) is 5.37. The molecule has 0 unspecified atom stereocenters. The van der Waals surface area contributed by atoms with E-state index >= 15 is 0 Å². The molecule has 0 aliphatic heterocycles. The molecule has 0 heteroatoms. The molecule has 328 valence electrons. The van der Waals surface area contributed by atoms with Gasteiger partial charge in [-0.2, -0.15) is 0 Å². The molecule has 1 aliphatic rings. The van der Waals surface area contributed by atoms with Crippen LogP contribution in [-0.4, -0.2) is 0 Å². The Hall–Kier alpha value is -8.32. The van der Waals surface area contributed by atoms with Crippen molar-refractivity contribution in [2.24, 2.45) is 0 Å². The zero-order chi connectivity index (χ0) is 46.8. The number of rotatable bonds is 4. The molecule has 0 N–H and O–H groups in total. The number of hydrogen-bond donors (Lipinski definition) is 0. The Bertz CT molecular complexity index is 4280. The molecule has 0 fully saturated rings. The molecule has 0 heterocycles. The van der Waals surface area contributed by atoms with E-state index < -0.39 is 0 Å². The molecular formula is C70H48. The fourth-order valence-electron chi connectivity index (χ4n) is 13.0. The third-order valence-electron chi connectivity index (χ3n) is 16.5. The van der Waals surface area contributed by atoms with Crippen molar-refractivity contribution in [1.29, 1.82) is 0 Å². The molecule has 0 atom stereocenters. The molecule has 0 radical (unpaired) electrons. The minimum atomic E-state index is 1.25. The van der Waals surface area contributed by atoms with Crippen LogP contribution in [0.15, 0.2) is 182 Å². The summed E-state index contributed by atoms with van der Waals surface area (Å²) < 4.78 is 0. The molecule has 15 rings (SSSR count). The van der Waals surface area contributed by atoms with Crippen molar-refractivity contribution >= 4 is 86.2 Å². The van der Waals surface area contributed by atoms with Crippen molar-refractivity contribution in [2.45, 2.75) is 41.5 Å². The molecule has 14 aromatic rings. The van der Waals surface area contributed by atoms with E-state index in [9.17, 15) is 0 Å². The van der Waals surface area contributed by atoms with E-state index in [1.165, 1.54) is 186 Å². The quantitative estimate of drug-likeness (QED) is 0.122. The second kappa shape index (κ2) is 14.1. The van der Waals surface area contributed by atoms with Crippen LogP contribution in [0, 0.1) is 41.5 Å². The summed E-state index contributed by atoms with van der Waals surface area (Å²) in [6.07, 6.45) is 0. The number of hydrogen-bond acceptors (Lipinski definition) is 0. The maximum absolute atomic E-state index is 2.49. The van der Waals surface area contributed by atoms with Gasteiger partial charge in [-0.3, -0.25) is 0 Å². The smallest absolute Gasteiger partial charge is 0.00137 e. The molecule has 0 amide bonds. The van der Waals surface area contributed by atoms with Gasteiger partial charge in [0.2, 0.25) is 0 Å².